The molecule has 1 heteroatoms. The summed E-state index contributed by atoms with van der Waals surface area (Å²) in [5.74, 6) is 0. The Morgan fingerprint density at radius 1 is 0.578 bits per heavy atom. The summed E-state index contributed by atoms with van der Waals surface area (Å²) in [5, 5.41) is 6.14. The Hall–Kier alpha value is -5.27. The zero-order valence-electron chi connectivity index (χ0n) is 25.6. The van der Waals surface area contributed by atoms with Gasteiger partial charge >= 0.3 is 0 Å². The van der Waals surface area contributed by atoms with E-state index in [1.807, 2.05) is 0 Å². The Balaban J connectivity index is 1.38. The Bertz CT molecular complexity index is 2390. The number of hydrogen-bond donors (Lipinski definition) is 0. The van der Waals surface area contributed by atoms with Crippen molar-refractivity contribution in [3.63, 3.8) is 0 Å². The normalized spacial score (nSPS) is 15.2. The van der Waals surface area contributed by atoms with Crippen molar-refractivity contribution in [2.45, 2.75) is 32.1 Å². The SMILES string of the molecule is CC1(C)C2=C(CCC=C2)c2cc(-c3c4ccccc4c(-c4ccc5ccccc5n4)c4ccc(-c5ccccc5)cc34)ccc21. The zero-order valence-corrected chi connectivity index (χ0v) is 25.6. The number of fused-ring (bicyclic) bond motifs is 5. The first-order valence-electron chi connectivity index (χ1n) is 16.0. The molecule has 0 unspecified atom stereocenters. The summed E-state index contributed by atoms with van der Waals surface area (Å²) in [6.07, 6.45) is 6.94. The molecule has 214 valence electrons. The molecule has 2 aliphatic rings. The maximum Gasteiger partial charge on any atom is 0.0722 e. The molecule has 0 aliphatic heterocycles. The number of nitrogens with zero attached hydrogens (tertiary/aromatic N) is 1. The molecule has 0 amide bonds. The minimum atomic E-state index is 0.0241. The van der Waals surface area contributed by atoms with E-state index in [9.17, 15) is 0 Å². The van der Waals surface area contributed by atoms with E-state index in [4.69, 9.17) is 4.98 Å². The van der Waals surface area contributed by atoms with Crippen LogP contribution < -0.4 is 0 Å². The second-order valence-corrected chi connectivity index (χ2v) is 13.0. The topological polar surface area (TPSA) is 12.9 Å². The van der Waals surface area contributed by atoms with Gasteiger partial charge < -0.3 is 0 Å². The van der Waals surface area contributed by atoms with Crippen molar-refractivity contribution in [3.05, 3.63) is 156 Å². The summed E-state index contributed by atoms with van der Waals surface area (Å²) in [5.41, 5.74) is 14.1. The highest BCUT2D eigenvalue weighted by Gasteiger charge is 2.37. The molecule has 0 saturated carbocycles. The number of aromatic nitrogens is 1. The lowest BCUT2D eigenvalue weighted by molar-refractivity contribution is 0.651. The Kier molecular flexibility index (Phi) is 5.74. The van der Waals surface area contributed by atoms with Gasteiger partial charge in [0.1, 0.15) is 0 Å². The minimum Gasteiger partial charge on any atom is -0.248 e. The molecule has 0 atom stereocenters. The molecule has 6 aromatic carbocycles. The molecule has 0 saturated heterocycles. The lowest BCUT2D eigenvalue weighted by Gasteiger charge is -2.24. The number of hydrogen-bond acceptors (Lipinski definition) is 1. The number of allylic oxidation sites excluding steroid dienone is 4. The molecule has 2 aliphatic carbocycles. The molecule has 0 radical (unpaired) electrons. The van der Waals surface area contributed by atoms with Crippen molar-refractivity contribution in [2.75, 3.05) is 0 Å². The van der Waals surface area contributed by atoms with Crippen LogP contribution in [0.15, 0.2) is 145 Å². The monoisotopic (exact) mass is 575 g/mol. The third kappa shape index (κ3) is 3.97. The van der Waals surface area contributed by atoms with Gasteiger partial charge in [0.15, 0.2) is 0 Å². The third-order valence-electron chi connectivity index (χ3n) is 10.1. The Morgan fingerprint density at radius 3 is 2.18 bits per heavy atom. The number of benzene rings is 6. The minimum absolute atomic E-state index is 0.0241. The molecule has 1 nitrogen and oxygen atoms in total. The predicted molar refractivity (Wildman–Crippen MR) is 191 cm³/mol. The Morgan fingerprint density at radius 2 is 1.31 bits per heavy atom. The summed E-state index contributed by atoms with van der Waals surface area (Å²) in [4.78, 5) is 5.22. The average molecular weight is 576 g/mol. The lowest BCUT2D eigenvalue weighted by atomic mass is 9.79. The third-order valence-corrected chi connectivity index (χ3v) is 10.1. The fourth-order valence-corrected chi connectivity index (χ4v) is 7.95. The van der Waals surface area contributed by atoms with Crippen LogP contribution in [0, 0.1) is 0 Å². The summed E-state index contributed by atoms with van der Waals surface area (Å²) in [6.45, 7) is 4.76. The van der Waals surface area contributed by atoms with Crippen molar-refractivity contribution < 1.29 is 0 Å². The maximum absolute atomic E-state index is 5.22. The largest absolute Gasteiger partial charge is 0.248 e. The summed E-state index contributed by atoms with van der Waals surface area (Å²) >= 11 is 0. The zero-order chi connectivity index (χ0) is 30.1. The van der Waals surface area contributed by atoms with Gasteiger partial charge in [0.2, 0.25) is 0 Å². The van der Waals surface area contributed by atoms with Crippen LogP contribution in [0.2, 0.25) is 0 Å². The molecule has 45 heavy (non-hydrogen) atoms. The van der Waals surface area contributed by atoms with E-state index in [2.05, 4.69) is 153 Å². The van der Waals surface area contributed by atoms with Crippen LogP contribution >= 0.6 is 0 Å². The molecule has 0 spiro atoms. The van der Waals surface area contributed by atoms with Crippen LogP contribution in [-0.2, 0) is 5.41 Å². The lowest BCUT2D eigenvalue weighted by Crippen LogP contribution is -2.16. The average Bonchev–Trinajstić information content (AvgIpc) is 3.32. The van der Waals surface area contributed by atoms with Crippen LogP contribution in [-0.4, -0.2) is 4.98 Å². The maximum atomic E-state index is 5.22. The molecule has 7 aromatic rings. The molecular weight excluding hydrogens is 542 g/mol. The van der Waals surface area contributed by atoms with Crippen LogP contribution in [0.4, 0.5) is 0 Å². The van der Waals surface area contributed by atoms with E-state index in [1.54, 1.807) is 0 Å². The van der Waals surface area contributed by atoms with Crippen LogP contribution in [0.5, 0.6) is 0 Å². The summed E-state index contributed by atoms with van der Waals surface area (Å²) in [6, 6.07) is 46.7. The van der Waals surface area contributed by atoms with Gasteiger partial charge in [-0.1, -0.05) is 129 Å². The molecule has 1 heterocycles. The smallest absolute Gasteiger partial charge is 0.0722 e. The van der Waals surface area contributed by atoms with Gasteiger partial charge in [-0.05, 0) is 103 Å². The predicted octanol–water partition coefficient (Wildman–Crippen LogP) is 11.9. The van der Waals surface area contributed by atoms with Crippen molar-refractivity contribution >= 4 is 38.0 Å². The first kappa shape index (κ1) is 26.2. The molecule has 1 aromatic heterocycles. The number of pyridine rings is 1. The van der Waals surface area contributed by atoms with E-state index in [1.165, 1.54) is 71.6 Å². The van der Waals surface area contributed by atoms with Crippen LogP contribution in [0.1, 0.15) is 37.8 Å². The first-order chi connectivity index (χ1) is 22.1. The van der Waals surface area contributed by atoms with Gasteiger partial charge in [0, 0.05) is 16.4 Å². The summed E-state index contributed by atoms with van der Waals surface area (Å²) < 4.78 is 0. The Labute approximate surface area is 264 Å². The number of para-hydroxylation sites is 1. The highest BCUT2D eigenvalue weighted by Crippen LogP contribution is 2.52. The molecular formula is C44H33N. The van der Waals surface area contributed by atoms with Gasteiger partial charge in [-0.3, -0.25) is 0 Å². The fourth-order valence-electron chi connectivity index (χ4n) is 7.95. The second kappa shape index (κ2) is 9.87. The van der Waals surface area contributed by atoms with E-state index < -0.39 is 0 Å². The second-order valence-electron chi connectivity index (χ2n) is 13.0. The van der Waals surface area contributed by atoms with Crippen molar-refractivity contribution in [1.29, 1.82) is 0 Å². The highest BCUT2D eigenvalue weighted by molar-refractivity contribution is 6.22. The van der Waals surface area contributed by atoms with E-state index in [-0.39, 0.29) is 5.41 Å². The van der Waals surface area contributed by atoms with Gasteiger partial charge in [0.25, 0.3) is 0 Å². The summed E-state index contributed by atoms with van der Waals surface area (Å²) in [7, 11) is 0. The van der Waals surface area contributed by atoms with Crippen molar-refractivity contribution in [2.24, 2.45) is 0 Å². The number of rotatable bonds is 3. The molecule has 9 rings (SSSR count). The van der Waals surface area contributed by atoms with E-state index in [0.29, 0.717) is 0 Å². The fraction of sp³-hybridized carbons (Fsp3) is 0.114. The molecule has 0 fully saturated rings. The van der Waals surface area contributed by atoms with E-state index in [0.717, 1.165) is 29.4 Å². The molecule has 0 N–H and O–H groups in total. The van der Waals surface area contributed by atoms with Gasteiger partial charge in [-0.2, -0.15) is 0 Å². The first-order valence-corrected chi connectivity index (χ1v) is 16.0. The van der Waals surface area contributed by atoms with Crippen LogP contribution in [0.25, 0.3) is 71.5 Å². The van der Waals surface area contributed by atoms with Crippen LogP contribution in [0.3, 0.4) is 0 Å². The van der Waals surface area contributed by atoms with Gasteiger partial charge in [-0.15, -0.1) is 0 Å². The van der Waals surface area contributed by atoms with Crippen molar-refractivity contribution in [3.8, 4) is 33.5 Å². The van der Waals surface area contributed by atoms with Gasteiger partial charge in [-0.25, -0.2) is 4.98 Å². The van der Waals surface area contributed by atoms with Crippen molar-refractivity contribution in [1.82, 2.24) is 4.98 Å². The quantitative estimate of drug-likeness (QED) is 0.191. The molecule has 0 bridgehead atoms. The standard InChI is InChI=1S/C44H33N/c1-44(2)38-18-10-9-15-32(38)36-27-31(21-24-39(36)44)42-33-16-7-8-17-34(33)43(41-25-22-29-14-6-11-19-40(29)45-41)35-23-20-30(26-37(35)42)28-12-4-3-5-13-28/h3-8,10-14,16-27H,9,15H2,1-2H3. The highest BCUT2D eigenvalue weighted by atomic mass is 14.7. The van der Waals surface area contributed by atoms with E-state index >= 15 is 0 Å². The van der Waals surface area contributed by atoms with Gasteiger partial charge in [0.05, 0.1) is 11.2 Å².